The van der Waals surface area contributed by atoms with Crippen molar-refractivity contribution in [1.82, 2.24) is 30.5 Å². The SMILES string of the molecule is Cc1nc(-c2ccc(C)c(N(CC(=O)NCCCC(C)C)CC(=O)N(C)N3Cc4ccc(F)cc4C3)c2)n[nH]1. The van der Waals surface area contributed by atoms with Gasteiger partial charge in [0.15, 0.2) is 5.82 Å². The summed E-state index contributed by atoms with van der Waals surface area (Å²) >= 11 is 0. The van der Waals surface area contributed by atoms with E-state index in [9.17, 15) is 14.0 Å². The van der Waals surface area contributed by atoms with Crippen LogP contribution in [0.3, 0.4) is 0 Å². The second-order valence-corrected chi connectivity index (χ2v) is 10.6. The van der Waals surface area contributed by atoms with Crippen LogP contribution in [0, 0.1) is 25.6 Å². The van der Waals surface area contributed by atoms with Crippen LogP contribution in [0.2, 0.25) is 0 Å². The number of aromatic amines is 1. The number of hydrazine groups is 1. The quantitative estimate of drug-likeness (QED) is 0.361. The van der Waals surface area contributed by atoms with E-state index in [4.69, 9.17) is 0 Å². The number of benzene rings is 2. The van der Waals surface area contributed by atoms with E-state index >= 15 is 0 Å². The Kier molecular flexibility index (Phi) is 8.96. The first-order valence-electron chi connectivity index (χ1n) is 13.4. The van der Waals surface area contributed by atoms with Gasteiger partial charge in [-0.05, 0) is 67.5 Å². The molecule has 208 valence electrons. The van der Waals surface area contributed by atoms with Crippen molar-refractivity contribution in [2.45, 2.75) is 53.6 Å². The van der Waals surface area contributed by atoms with Crippen molar-refractivity contribution in [3.8, 4) is 11.4 Å². The fourth-order valence-electron chi connectivity index (χ4n) is 4.74. The number of carbonyl (C=O) groups is 2. The highest BCUT2D eigenvalue weighted by atomic mass is 19.1. The van der Waals surface area contributed by atoms with Crippen LogP contribution in [-0.4, -0.2) is 63.7 Å². The van der Waals surface area contributed by atoms with Crippen molar-refractivity contribution in [3.05, 3.63) is 64.7 Å². The molecule has 10 heteroatoms. The summed E-state index contributed by atoms with van der Waals surface area (Å²) in [6, 6.07) is 10.5. The number of anilines is 1. The molecule has 0 bridgehead atoms. The Labute approximate surface area is 229 Å². The number of hydrogen-bond donors (Lipinski definition) is 2. The lowest BCUT2D eigenvalue weighted by atomic mass is 10.1. The summed E-state index contributed by atoms with van der Waals surface area (Å²) in [6.07, 6.45) is 1.94. The molecule has 2 heterocycles. The number of fused-ring (bicyclic) bond motifs is 1. The summed E-state index contributed by atoms with van der Waals surface area (Å²) in [5.41, 5.74) is 4.36. The Balaban J connectivity index is 1.52. The fourth-order valence-corrected chi connectivity index (χ4v) is 4.74. The van der Waals surface area contributed by atoms with Gasteiger partial charge < -0.3 is 10.2 Å². The number of rotatable bonds is 11. The molecule has 2 N–H and O–H groups in total. The van der Waals surface area contributed by atoms with E-state index in [0.717, 1.165) is 40.8 Å². The molecule has 2 amide bonds. The minimum atomic E-state index is -0.285. The van der Waals surface area contributed by atoms with E-state index in [1.165, 1.54) is 12.1 Å². The number of carbonyl (C=O) groups excluding carboxylic acids is 2. The van der Waals surface area contributed by atoms with Gasteiger partial charge in [-0.2, -0.15) is 5.10 Å². The van der Waals surface area contributed by atoms with Gasteiger partial charge in [0.2, 0.25) is 5.91 Å². The number of amides is 2. The van der Waals surface area contributed by atoms with Crippen LogP contribution in [0.1, 0.15) is 49.2 Å². The number of nitrogens with zero attached hydrogens (tertiary/aromatic N) is 5. The molecule has 0 unspecified atom stereocenters. The summed E-state index contributed by atoms with van der Waals surface area (Å²) < 4.78 is 13.7. The van der Waals surface area contributed by atoms with Gasteiger partial charge >= 0.3 is 0 Å². The van der Waals surface area contributed by atoms with E-state index < -0.39 is 0 Å². The number of hydrogen-bond acceptors (Lipinski definition) is 6. The summed E-state index contributed by atoms with van der Waals surface area (Å²) in [7, 11) is 1.72. The maximum Gasteiger partial charge on any atom is 0.256 e. The third-order valence-corrected chi connectivity index (χ3v) is 7.01. The zero-order valence-electron chi connectivity index (χ0n) is 23.4. The zero-order valence-corrected chi connectivity index (χ0v) is 23.4. The largest absolute Gasteiger partial charge is 0.355 e. The van der Waals surface area contributed by atoms with Gasteiger partial charge in [0.25, 0.3) is 5.91 Å². The Morgan fingerprint density at radius 3 is 2.59 bits per heavy atom. The first-order chi connectivity index (χ1) is 18.6. The van der Waals surface area contributed by atoms with E-state index in [1.807, 2.05) is 37.1 Å². The van der Waals surface area contributed by atoms with Gasteiger partial charge in [0, 0.05) is 37.9 Å². The molecular formula is C29H38FN7O2. The molecular weight excluding hydrogens is 497 g/mol. The van der Waals surface area contributed by atoms with Crippen LogP contribution >= 0.6 is 0 Å². The van der Waals surface area contributed by atoms with E-state index in [-0.39, 0.29) is 30.7 Å². The van der Waals surface area contributed by atoms with E-state index in [2.05, 4.69) is 34.3 Å². The molecule has 0 spiro atoms. The van der Waals surface area contributed by atoms with Crippen LogP contribution in [0.4, 0.5) is 10.1 Å². The first kappa shape index (κ1) is 28.2. The highest BCUT2D eigenvalue weighted by Gasteiger charge is 2.27. The topological polar surface area (TPSA) is 97.5 Å². The maximum absolute atomic E-state index is 13.7. The predicted molar refractivity (Wildman–Crippen MR) is 149 cm³/mol. The molecule has 0 saturated heterocycles. The minimum absolute atomic E-state index is 0.00552. The van der Waals surface area contributed by atoms with Gasteiger partial charge in [0.1, 0.15) is 11.6 Å². The number of aryl methyl sites for hydroxylation is 2. The lowest BCUT2D eigenvalue weighted by molar-refractivity contribution is -0.145. The van der Waals surface area contributed by atoms with Crippen LogP contribution in [0.25, 0.3) is 11.4 Å². The van der Waals surface area contributed by atoms with Crippen LogP contribution < -0.4 is 10.2 Å². The second-order valence-electron chi connectivity index (χ2n) is 10.6. The molecule has 1 aromatic heterocycles. The molecule has 1 aliphatic rings. The molecule has 3 aromatic rings. The van der Waals surface area contributed by atoms with Gasteiger partial charge in [-0.15, -0.1) is 0 Å². The van der Waals surface area contributed by atoms with Crippen molar-refractivity contribution in [3.63, 3.8) is 0 Å². The maximum atomic E-state index is 13.7. The van der Waals surface area contributed by atoms with Crippen molar-refractivity contribution >= 4 is 17.5 Å². The third-order valence-electron chi connectivity index (χ3n) is 7.01. The van der Waals surface area contributed by atoms with E-state index in [1.54, 1.807) is 23.0 Å². The number of halogens is 1. The number of H-pyrrole nitrogens is 1. The molecule has 2 aromatic carbocycles. The Morgan fingerprint density at radius 2 is 1.87 bits per heavy atom. The molecule has 0 atom stereocenters. The highest BCUT2D eigenvalue weighted by Crippen LogP contribution is 2.28. The Morgan fingerprint density at radius 1 is 1.10 bits per heavy atom. The summed E-state index contributed by atoms with van der Waals surface area (Å²) in [6.45, 7) is 9.70. The minimum Gasteiger partial charge on any atom is -0.355 e. The molecule has 0 radical (unpaired) electrons. The van der Waals surface area contributed by atoms with Crippen LogP contribution in [0.5, 0.6) is 0 Å². The number of aromatic nitrogens is 3. The highest BCUT2D eigenvalue weighted by molar-refractivity contribution is 5.87. The number of nitrogens with one attached hydrogen (secondary N) is 2. The molecule has 9 nitrogen and oxygen atoms in total. The Hall–Kier alpha value is -3.79. The fraction of sp³-hybridized carbons (Fsp3) is 0.448. The number of likely N-dealkylation sites (N-methyl/N-ethyl adjacent to an activating group) is 1. The summed E-state index contributed by atoms with van der Waals surface area (Å²) in [4.78, 5) is 32.7. The first-order valence-corrected chi connectivity index (χ1v) is 13.4. The summed E-state index contributed by atoms with van der Waals surface area (Å²) in [5.74, 6) is 1.23. The molecule has 0 saturated carbocycles. The van der Waals surface area contributed by atoms with Gasteiger partial charge in [-0.3, -0.25) is 19.7 Å². The van der Waals surface area contributed by atoms with Crippen LogP contribution in [0.15, 0.2) is 36.4 Å². The second kappa shape index (κ2) is 12.4. The van der Waals surface area contributed by atoms with Gasteiger partial charge in [0.05, 0.1) is 13.1 Å². The lowest BCUT2D eigenvalue weighted by Gasteiger charge is -2.32. The predicted octanol–water partition coefficient (Wildman–Crippen LogP) is 3.98. The lowest BCUT2D eigenvalue weighted by Crippen LogP contribution is -2.48. The monoisotopic (exact) mass is 535 g/mol. The molecule has 0 fully saturated rings. The molecule has 4 rings (SSSR count). The molecule has 39 heavy (non-hydrogen) atoms. The Bertz CT molecular complexity index is 1320. The standard InChI is InChI=1S/C29H38FN7O2/c1-19(2)7-6-12-31-27(38)17-36(26-14-22(9-8-20(26)3)29-32-21(4)33-34-29)18-28(39)35(5)37-15-23-10-11-25(30)13-24(23)16-37/h8-11,13-14,19H,6-7,12,15-18H2,1-5H3,(H,31,38)(H,32,33,34). The zero-order chi connectivity index (χ0) is 28.1. The normalized spacial score (nSPS) is 13.0. The average Bonchev–Trinajstić information content (AvgIpc) is 3.51. The van der Waals surface area contributed by atoms with Crippen molar-refractivity contribution in [2.75, 3.05) is 31.6 Å². The van der Waals surface area contributed by atoms with Crippen molar-refractivity contribution in [2.24, 2.45) is 5.92 Å². The van der Waals surface area contributed by atoms with Crippen LogP contribution in [-0.2, 0) is 22.7 Å². The smallest absolute Gasteiger partial charge is 0.256 e. The third kappa shape index (κ3) is 7.20. The molecule has 0 aliphatic carbocycles. The summed E-state index contributed by atoms with van der Waals surface area (Å²) in [5, 5.41) is 13.6. The average molecular weight is 536 g/mol. The van der Waals surface area contributed by atoms with Crippen molar-refractivity contribution < 1.29 is 14.0 Å². The van der Waals surface area contributed by atoms with Crippen molar-refractivity contribution in [1.29, 1.82) is 0 Å². The van der Waals surface area contributed by atoms with Gasteiger partial charge in [-0.25, -0.2) is 14.4 Å². The van der Waals surface area contributed by atoms with E-state index in [0.29, 0.717) is 37.2 Å². The van der Waals surface area contributed by atoms with Gasteiger partial charge in [-0.1, -0.05) is 32.0 Å². The molecule has 1 aliphatic heterocycles.